The molecule has 0 aromatic rings. The Bertz CT molecular complexity index is 984. The van der Waals surface area contributed by atoms with Crippen LogP contribution in [-0.2, 0) is 28.6 Å². The lowest BCUT2D eigenvalue weighted by atomic mass is 10.0. The van der Waals surface area contributed by atoms with Crippen LogP contribution in [0.1, 0.15) is 258 Å². The Hall–Kier alpha value is -2.37. The largest absolute Gasteiger partial charge is 0.462 e. The van der Waals surface area contributed by atoms with Crippen LogP contribution in [0.4, 0.5) is 0 Å². The van der Waals surface area contributed by atoms with Crippen molar-refractivity contribution in [1.82, 2.24) is 0 Å². The van der Waals surface area contributed by atoms with Crippen molar-refractivity contribution in [3.05, 3.63) is 36.5 Å². The highest BCUT2D eigenvalue weighted by Gasteiger charge is 2.19. The Kier molecular flexibility index (Phi) is 45.4. The van der Waals surface area contributed by atoms with Gasteiger partial charge in [-0.15, -0.1) is 0 Å². The average molecular weight is 815 g/mol. The normalized spacial score (nSPS) is 12.3. The SMILES string of the molecule is CC/C=C\C/C=C\C/C=C\CCCCCCCC(=O)OCC(COC(=O)CCCCCCCCCCCC)OC(=O)CCCCCCCCCCCCCCCCC. The first-order valence-corrected chi connectivity index (χ1v) is 25.0. The van der Waals surface area contributed by atoms with E-state index in [9.17, 15) is 14.4 Å². The maximum Gasteiger partial charge on any atom is 0.306 e. The van der Waals surface area contributed by atoms with E-state index in [1.54, 1.807) is 0 Å². The second-order valence-corrected chi connectivity index (χ2v) is 16.7. The number of hydrogen-bond donors (Lipinski definition) is 0. The third-order valence-electron chi connectivity index (χ3n) is 10.9. The van der Waals surface area contributed by atoms with Gasteiger partial charge < -0.3 is 14.2 Å². The van der Waals surface area contributed by atoms with Crippen LogP contribution in [0.5, 0.6) is 0 Å². The molecule has 0 aliphatic carbocycles. The van der Waals surface area contributed by atoms with Gasteiger partial charge in [-0.25, -0.2) is 0 Å². The van der Waals surface area contributed by atoms with Crippen molar-refractivity contribution >= 4 is 17.9 Å². The molecule has 0 heterocycles. The molecule has 0 aliphatic rings. The molecule has 0 fully saturated rings. The molecule has 0 saturated heterocycles. The lowest BCUT2D eigenvalue weighted by Gasteiger charge is -2.18. The van der Waals surface area contributed by atoms with Crippen LogP contribution < -0.4 is 0 Å². The van der Waals surface area contributed by atoms with Gasteiger partial charge in [0.25, 0.3) is 0 Å². The van der Waals surface area contributed by atoms with Crippen LogP contribution in [0.3, 0.4) is 0 Å². The fourth-order valence-electron chi connectivity index (χ4n) is 7.16. The lowest BCUT2D eigenvalue weighted by Crippen LogP contribution is -2.30. The second-order valence-electron chi connectivity index (χ2n) is 16.7. The van der Waals surface area contributed by atoms with Crippen LogP contribution >= 0.6 is 0 Å². The van der Waals surface area contributed by atoms with Crippen molar-refractivity contribution in [2.45, 2.75) is 264 Å². The minimum atomic E-state index is -0.772. The molecular weight excluding hydrogens is 721 g/mol. The molecule has 6 nitrogen and oxygen atoms in total. The number of rotatable bonds is 45. The van der Waals surface area contributed by atoms with Gasteiger partial charge in [0.15, 0.2) is 6.10 Å². The monoisotopic (exact) mass is 815 g/mol. The zero-order valence-corrected chi connectivity index (χ0v) is 38.6. The number of ether oxygens (including phenoxy) is 3. The summed E-state index contributed by atoms with van der Waals surface area (Å²) >= 11 is 0. The summed E-state index contributed by atoms with van der Waals surface area (Å²) in [5.41, 5.74) is 0. The average Bonchev–Trinajstić information content (AvgIpc) is 3.22. The summed E-state index contributed by atoms with van der Waals surface area (Å²) in [7, 11) is 0. The van der Waals surface area contributed by atoms with E-state index in [2.05, 4.69) is 57.2 Å². The van der Waals surface area contributed by atoms with E-state index in [0.29, 0.717) is 19.3 Å². The van der Waals surface area contributed by atoms with Crippen LogP contribution in [0.2, 0.25) is 0 Å². The van der Waals surface area contributed by atoms with Crippen LogP contribution in [0.25, 0.3) is 0 Å². The van der Waals surface area contributed by atoms with Crippen molar-refractivity contribution in [3.63, 3.8) is 0 Å². The Balaban J connectivity index is 4.35. The molecular formula is C52H94O6. The summed E-state index contributed by atoms with van der Waals surface area (Å²) in [6, 6.07) is 0. The first-order valence-electron chi connectivity index (χ1n) is 25.0. The molecule has 0 rings (SSSR count). The summed E-state index contributed by atoms with van der Waals surface area (Å²) in [5, 5.41) is 0. The van der Waals surface area contributed by atoms with Crippen molar-refractivity contribution in [2.75, 3.05) is 13.2 Å². The first kappa shape index (κ1) is 55.6. The van der Waals surface area contributed by atoms with E-state index in [1.807, 2.05) is 0 Å². The third-order valence-corrected chi connectivity index (χ3v) is 10.9. The minimum absolute atomic E-state index is 0.0739. The number of allylic oxidation sites excluding steroid dienone is 6. The lowest BCUT2D eigenvalue weighted by molar-refractivity contribution is -0.167. The maximum atomic E-state index is 12.8. The van der Waals surface area contributed by atoms with Gasteiger partial charge in [0.1, 0.15) is 13.2 Å². The van der Waals surface area contributed by atoms with E-state index in [0.717, 1.165) is 96.3 Å². The van der Waals surface area contributed by atoms with E-state index in [-0.39, 0.29) is 31.1 Å². The highest BCUT2D eigenvalue weighted by Crippen LogP contribution is 2.16. The molecule has 0 aliphatic heterocycles. The molecule has 0 spiro atoms. The van der Waals surface area contributed by atoms with Gasteiger partial charge in [-0.05, 0) is 51.4 Å². The minimum Gasteiger partial charge on any atom is -0.462 e. The topological polar surface area (TPSA) is 78.9 Å². The van der Waals surface area contributed by atoms with Crippen molar-refractivity contribution in [2.24, 2.45) is 0 Å². The molecule has 338 valence electrons. The number of carbonyl (C=O) groups is 3. The molecule has 1 atom stereocenters. The molecule has 6 heteroatoms. The van der Waals surface area contributed by atoms with E-state index in [4.69, 9.17) is 14.2 Å². The van der Waals surface area contributed by atoms with Gasteiger partial charge in [0.05, 0.1) is 0 Å². The van der Waals surface area contributed by atoms with Crippen molar-refractivity contribution in [3.8, 4) is 0 Å². The Morgan fingerprint density at radius 1 is 0.362 bits per heavy atom. The molecule has 1 unspecified atom stereocenters. The smallest absolute Gasteiger partial charge is 0.306 e. The number of carbonyl (C=O) groups excluding carboxylic acids is 3. The highest BCUT2D eigenvalue weighted by atomic mass is 16.6. The predicted octanol–water partition coefficient (Wildman–Crippen LogP) is 16.1. The fourth-order valence-corrected chi connectivity index (χ4v) is 7.16. The molecule has 0 amide bonds. The fraction of sp³-hybridized carbons (Fsp3) is 0.827. The van der Waals surface area contributed by atoms with Gasteiger partial charge >= 0.3 is 17.9 Å². The van der Waals surface area contributed by atoms with Gasteiger partial charge in [-0.3, -0.25) is 14.4 Å². The number of esters is 3. The quantitative estimate of drug-likeness (QED) is 0.0264. The summed E-state index contributed by atoms with van der Waals surface area (Å²) in [5.74, 6) is -0.883. The summed E-state index contributed by atoms with van der Waals surface area (Å²) in [6.45, 7) is 6.52. The Labute approximate surface area is 359 Å². The summed E-state index contributed by atoms with van der Waals surface area (Å²) in [4.78, 5) is 37.8. The summed E-state index contributed by atoms with van der Waals surface area (Å²) < 4.78 is 16.8. The molecule has 0 aromatic heterocycles. The number of unbranched alkanes of at least 4 members (excludes halogenated alkanes) is 28. The maximum absolute atomic E-state index is 12.8. The molecule has 0 radical (unpaired) electrons. The van der Waals surface area contributed by atoms with Crippen LogP contribution in [-0.4, -0.2) is 37.2 Å². The third kappa shape index (κ3) is 44.7. The summed E-state index contributed by atoms with van der Waals surface area (Å²) in [6.07, 6.45) is 54.1. The van der Waals surface area contributed by atoms with E-state index in [1.165, 1.54) is 122 Å². The Morgan fingerprint density at radius 2 is 0.672 bits per heavy atom. The van der Waals surface area contributed by atoms with Crippen LogP contribution in [0.15, 0.2) is 36.5 Å². The zero-order valence-electron chi connectivity index (χ0n) is 38.6. The van der Waals surface area contributed by atoms with E-state index >= 15 is 0 Å². The van der Waals surface area contributed by atoms with Crippen molar-refractivity contribution in [1.29, 1.82) is 0 Å². The molecule has 0 saturated carbocycles. The standard InChI is InChI=1S/C52H94O6/c1-4-7-10-13-16-19-22-24-26-28-30-33-36-39-42-45-51(54)57-48-49(47-56-50(53)44-41-38-35-32-21-18-15-12-9-6-3)58-52(55)46-43-40-37-34-31-29-27-25-23-20-17-14-11-8-5-2/h7,10,16,19,24,26,49H,4-6,8-9,11-15,17-18,20-23,25,27-48H2,1-3H3/b10-7-,19-16-,26-24-. The second kappa shape index (κ2) is 47.3. The molecule has 0 aromatic carbocycles. The Morgan fingerprint density at radius 3 is 1.05 bits per heavy atom. The molecule has 0 N–H and O–H groups in total. The van der Waals surface area contributed by atoms with Gasteiger partial charge in [-0.1, -0.05) is 224 Å². The highest BCUT2D eigenvalue weighted by molar-refractivity contribution is 5.71. The van der Waals surface area contributed by atoms with Gasteiger partial charge in [0.2, 0.25) is 0 Å². The zero-order chi connectivity index (χ0) is 42.3. The van der Waals surface area contributed by atoms with Crippen molar-refractivity contribution < 1.29 is 28.6 Å². The number of hydrogen-bond acceptors (Lipinski definition) is 6. The van der Waals surface area contributed by atoms with Gasteiger partial charge in [0, 0.05) is 19.3 Å². The van der Waals surface area contributed by atoms with E-state index < -0.39 is 6.10 Å². The molecule has 0 bridgehead atoms. The molecule has 58 heavy (non-hydrogen) atoms. The predicted molar refractivity (Wildman–Crippen MR) is 247 cm³/mol. The van der Waals surface area contributed by atoms with Gasteiger partial charge in [-0.2, -0.15) is 0 Å². The van der Waals surface area contributed by atoms with Crippen LogP contribution in [0, 0.1) is 0 Å². The first-order chi connectivity index (χ1) is 28.5.